The fraction of sp³-hybridized carbons (Fsp3) is 0.125. The van der Waals surface area contributed by atoms with Gasteiger partial charge >= 0.3 is 0 Å². The minimum Gasteiger partial charge on any atom is -0.481 e. The van der Waals surface area contributed by atoms with Crippen molar-refractivity contribution in [1.82, 2.24) is 10.2 Å². The molecular formula is C16H13FN2O2. The first-order chi connectivity index (χ1) is 10.2. The molecule has 0 bridgehead atoms. The number of halogens is 1. The van der Waals surface area contributed by atoms with E-state index < -0.39 is 5.82 Å². The van der Waals surface area contributed by atoms with Gasteiger partial charge in [-0.1, -0.05) is 30.3 Å². The summed E-state index contributed by atoms with van der Waals surface area (Å²) in [5.74, 6) is 0.473. The molecule has 0 atom stereocenters. The number of para-hydroxylation sites is 1. The van der Waals surface area contributed by atoms with E-state index in [1.807, 2.05) is 31.2 Å². The van der Waals surface area contributed by atoms with E-state index in [9.17, 15) is 4.39 Å². The van der Waals surface area contributed by atoms with Gasteiger partial charge in [-0.25, -0.2) is 4.39 Å². The van der Waals surface area contributed by atoms with Gasteiger partial charge in [-0.2, -0.15) is 0 Å². The third kappa shape index (κ3) is 2.91. The molecule has 3 rings (SSSR count). The van der Waals surface area contributed by atoms with Crippen LogP contribution in [-0.4, -0.2) is 10.2 Å². The molecule has 0 saturated carbocycles. The monoisotopic (exact) mass is 284 g/mol. The van der Waals surface area contributed by atoms with Crippen LogP contribution in [0.15, 0.2) is 52.9 Å². The van der Waals surface area contributed by atoms with Crippen molar-refractivity contribution >= 4 is 0 Å². The SMILES string of the molecule is Cc1ccccc1-c1nnc(COc2ccccc2F)o1. The van der Waals surface area contributed by atoms with Gasteiger partial charge in [0.25, 0.3) is 5.89 Å². The van der Waals surface area contributed by atoms with Gasteiger partial charge in [0.05, 0.1) is 0 Å². The molecule has 0 saturated heterocycles. The predicted molar refractivity (Wildman–Crippen MR) is 75.2 cm³/mol. The van der Waals surface area contributed by atoms with Crippen LogP contribution in [0.5, 0.6) is 5.75 Å². The molecule has 0 radical (unpaired) electrons. The van der Waals surface area contributed by atoms with Crippen LogP contribution in [0.3, 0.4) is 0 Å². The number of nitrogens with zero attached hydrogens (tertiary/aromatic N) is 2. The van der Waals surface area contributed by atoms with Crippen LogP contribution in [-0.2, 0) is 6.61 Å². The Balaban J connectivity index is 1.74. The van der Waals surface area contributed by atoms with Crippen LogP contribution >= 0.6 is 0 Å². The van der Waals surface area contributed by atoms with Crippen molar-refractivity contribution in [2.75, 3.05) is 0 Å². The lowest BCUT2D eigenvalue weighted by Gasteiger charge is -2.03. The summed E-state index contributed by atoms with van der Waals surface area (Å²) in [5, 5.41) is 7.91. The lowest BCUT2D eigenvalue weighted by atomic mass is 10.1. The number of aromatic nitrogens is 2. The van der Waals surface area contributed by atoms with Gasteiger partial charge in [0.1, 0.15) is 0 Å². The Morgan fingerprint density at radius 2 is 1.81 bits per heavy atom. The van der Waals surface area contributed by atoms with Crippen molar-refractivity contribution < 1.29 is 13.5 Å². The molecule has 1 heterocycles. The van der Waals surface area contributed by atoms with Crippen molar-refractivity contribution in [1.29, 1.82) is 0 Å². The van der Waals surface area contributed by atoms with Crippen LogP contribution in [0.2, 0.25) is 0 Å². The minimum atomic E-state index is -0.420. The van der Waals surface area contributed by atoms with Crippen molar-refractivity contribution in [2.24, 2.45) is 0 Å². The Kier molecular flexibility index (Phi) is 3.64. The highest BCUT2D eigenvalue weighted by Crippen LogP contribution is 2.22. The second-order valence-electron chi connectivity index (χ2n) is 4.53. The molecule has 0 spiro atoms. The summed E-state index contributed by atoms with van der Waals surface area (Å²) in [4.78, 5) is 0. The zero-order valence-electron chi connectivity index (χ0n) is 11.4. The third-order valence-corrected chi connectivity index (χ3v) is 3.03. The molecular weight excluding hydrogens is 271 g/mol. The number of hydrogen-bond acceptors (Lipinski definition) is 4. The van der Waals surface area contributed by atoms with Gasteiger partial charge in [-0.15, -0.1) is 10.2 Å². The molecule has 0 N–H and O–H groups in total. The first-order valence-corrected chi connectivity index (χ1v) is 6.50. The number of aryl methyl sites for hydroxylation is 1. The molecule has 4 nitrogen and oxygen atoms in total. The van der Waals surface area contributed by atoms with E-state index in [1.54, 1.807) is 18.2 Å². The normalized spacial score (nSPS) is 10.6. The second-order valence-corrected chi connectivity index (χ2v) is 4.53. The summed E-state index contributed by atoms with van der Waals surface area (Å²) >= 11 is 0. The minimum absolute atomic E-state index is 0.0276. The maximum atomic E-state index is 13.4. The fourth-order valence-electron chi connectivity index (χ4n) is 1.93. The quantitative estimate of drug-likeness (QED) is 0.732. The first-order valence-electron chi connectivity index (χ1n) is 6.50. The van der Waals surface area contributed by atoms with E-state index in [-0.39, 0.29) is 12.4 Å². The maximum Gasteiger partial charge on any atom is 0.254 e. The van der Waals surface area contributed by atoms with Crippen molar-refractivity contribution in [3.8, 4) is 17.2 Å². The third-order valence-electron chi connectivity index (χ3n) is 3.03. The number of rotatable bonds is 4. The summed E-state index contributed by atoms with van der Waals surface area (Å²) in [6.07, 6.45) is 0. The van der Waals surface area contributed by atoms with Crippen molar-refractivity contribution in [2.45, 2.75) is 13.5 Å². The lowest BCUT2D eigenvalue weighted by molar-refractivity contribution is 0.253. The zero-order chi connectivity index (χ0) is 14.7. The molecule has 0 aliphatic heterocycles. The van der Waals surface area contributed by atoms with E-state index in [0.717, 1.165) is 11.1 Å². The van der Waals surface area contributed by atoms with Crippen molar-refractivity contribution in [3.63, 3.8) is 0 Å². The van der Waals surface area contributed by atoms with Gasteiger partial charge in [0.2, 0.25) is 5.89 Å². The fourth-order valence-corrected chi connectivity index (χ4v) is 1.93. The largest absolute Gasteiger partial charge is 0.481 e. The average molecular weight is 284 g/mol. The van der Waals surface area contributed by atoms with E-state index in [0.29, 0.717) is 11.8 Å². The molecule has 0 aliphatic rings. The smallest absolute Gasteiger partial charge is 0.254 e. The molecule has 0 unspecified atom stereocenters. The molecule has 2 aromatic carbocycles. The molecule has 1 aromatic heterocycles. The summed E-state index contributed by atoms with van der Waals surface area (Å²) in [6, 6.07) is 13.9. The molecule has 0 fully saturated rings. The van der Waals surface area contributed by atoms with Gasteiger partial charge in [-0.05, 0) is 30.7 Å². The van der Waals surface area contributed by atoms with E-state index in [4.69, 9.17) is 9.15 Å². The zero-order valence-corrected chi connectivity index (χ0v) is 11.4. The lowest BCUT2D eigenvalue weighted by Crippen LogP contribution is -1.97. The standard InChI is InChI=1S/C16H13FN2O2/c1-11-6-2-3-7-12(11)16-19-18-15(21-16)10-20-14-9-5-4-8-13(14)17/h2-9H,10H2,1H3. The van der Waals surface area contributed by atoms with Crippen LogP contribution in [0.4, 0.5) is 4.39 Å². The number of hydrogen-bond donors (Lipinski definition) is 0. The highest BCUT2D eigenvalue weighted by atomic mass is 19.1. The van der Waals surface area contributed by atoms with Crippen LogP contribution in [0.25, 0.3) is 11.5 Å². The molecule has 3 aromatic rings. The van der Waals surface area contributed by atoms with E-state index in [2.05, 4.69) is 10.2 Å². The highest BCUT2D eigenvalue weighted by Gasteiger charge is 2.11. The summed E-state index contributed by atoms with van der Waals surface area (Å²) in [7, 11) is 0. The van der Waals surface area contributed by atoms with Crippen molar-refractivity contribution in [3.05, 3.63) is 65.8 Å². The van der Waals surface area contributed by atoms with Crippen LogP contribution in [0.1, 0.15) is 11.5 Å². The topological polar surface area (TPSA) is 48.2 Å². The van der Waals surface area contributed by atoms with Gasteiger partial charge in [0.15, 0.2) is 18.2 Å². The van der Waals surface area contributed by atoms with Gasteiger partial charge in [-0.3, -0.25) is 0 Å². The number of ether oxygens (including phenoxy) is 1. The molecule has 5 heteroatoms. The highest BCUT2D eigenvalue weighted by molar-refractivity contribution is 5.57. The van der Waals surface area contributed by atoms with Gasteiger partial charge in [0, 0.05) is 5.56 Å². The summed E-state index contributed by atoms with van der Waals surface area (Å²) in [5.41, 5.74) is 1.92. The molecule has 0 amide bonds. The summed E-state index contributed by atoms with van der Waals surface area (Å²) in [6.45, 7) is 1.99. The van der Waals surface area contributed by atoms with Crippen LogP contribution in [0, 0.1) is 12.7 Å². The average Bonchev–Trinajstić information content (AvgIpc) is 2.96. The Morgan fingerprint density at radius 3 is 2.62 bits per heavy atom. The van der Waals surface area contributed by atoms with Gasteiger partial charge < -0.3 is 9.15 Å². The Hall–Kier alpha value is -2.69. The van der Waals surface area contributed by atoms with E-state index in [1.165, 1.54) is 6.07 Å². The molecule has 106 valence electrons. The Morgan fingerprint density at radius 1 is 1.05 bits per heavy atom. The number of benzene rings is 2. The van der Waals surface area contributed by atoms with E-state index >= 15 is 0 Å². The van der Waals surface area contributed by atoms with Crippen LogP contribution < -0.4 is 4.74 Å². The predicted octanol–water partition coefficient (Wildman–Crippen LogP) is 3.76. The molecule has 21 heavy (non-hydrogen) atoms. The second kappa shape index (κ2) is 5.75. The first kappa shape index (κ1) is 13.3. The Labute approximate surface area is 121 Å². The maximum absolute atomic E-state index is 13.4. The summed E-state index contributed by atoms with van der Waals surface area (Å²) < 4.78 is 24.3. The Bertz CT molecular complexity index is 755. The molecule has 0 aliphatic carbocycles.